The van der Waals surface area contributed by atoms with Crippen LogP contribution in [0.15, 0.2) is 60.9 Å². The van der Waals surface area contributed by atoms with E-state index in [2.05, 4.69) is 44.2 Å². The molecule has 1 N–H and O–H groups in total. The van der Waals surface area contributed by atoms with E-state index in [4.69, 9.17) is 28.6 Å². The SMILES string of the molecule is COCCN1C(=S)N[C@H](c2ccccn2)[C@@H]1c1cccn1-c1ccc(Cl)c(C)c1. The van der Waals surface area contributed by atoms with Gasteiger partial charge < -0.3 is 19.5 Å². The molecule has 1 aromatic carbocycles. The largest absolute Gasteiger partial charge is 0.383 e. The van der Waals surface area contributed by atoms with Crippen molar-refractivity contribution >= 4 is 28.9 Å². The van der Waals surface area contributed by atoms with Gasteiger partial charge in [-0.05, 0) is 67.2 Å². The number of methoxy groups -OCH3 is 1. The fourth-order valence-corrected chi connectivity index (χ4v) is 4.26. The van der Waals surface area contributed by atoms with Crippen molar-refractivity contribution in [2.75, 3.05) is 20.3 Å². The summed E-state index contributed by atoms with van der Waals surface area (Å²) >= 11 is 11.9. The van der Waals surface area contributed by atoms with Crippen LogP contribution in [0.1, 0.15) is 29.0 Å². The van der Waals surface area contributed by atoms with Gasteiger partial charge in [0.05, 0.1) is 24.4 Å². The van der Waals surface area contributed by atoms with Gasteiger partial charge in [0.15, 0.2) is 5.11 Å². The average molecular weight is 427 g/mol. The Kier molecular flexibility index (Phi) is 5.85. The molecule has 3 aromatic rings. The van der Waals surface area contributed by atoms with Crippen molar-refractivity contribution in [1.29, 1.82) is 0 Å². The standard InChI is InChI=1S/C22H23ClN4OS/c1-15-14-16(8-9-17(15)23)26-11-5-7-19(26)21-20(18-6-3-4-10-24-18)25-22(29)27(21)12-13-28-2/h3-11,14,20-21H,12-13H2,1-2H3,(H,25,29)/t20-,21+/m1/s1. The lowest BCUT2D eigenvalue weighted by Gasteiger charge is -2.28. The highest BCUT2D eigenvalue weighted by Crippen LogP contribution is 2.39. The number of thiocarbonyl (C=S) groups is 1. The number of nitrogens with one attached hydrogen (secondary N) is 1. The predicted octanol–water partition coefficient (Wildman–Crippen LogP) is 4.45. The summed E-state index contributed by atoms with van der Waals surface area (Å²) in [7, 11) is 1.71. The first-order chi connectivity index (χ1) is 14.1. The van der Waals surface area contributed by atoms with Crippen molar-refractivity contribution in [2.45, 2.75) is 19.0 Å². The van der Waals surface area contributed by atoms with Gasteiger partial charge in [-0.25, -0.2) is 0 Å². The Hall–Kier alpha value is -2.41. The molecule has 1 saturated heterocycles. The number of aromatic nitrogens is 2. The first-order valence-electron chi connectivity index (χ1n) is 9.51. The molecule has 0 saturated carbocycles. The summed E-state index contributed by atoms with van der Waals surface area (Å²) in [5.74, 6) is 0. The lowest BCUT2D eigenvalue weighted by Crippen LogP contribution is -2.33. The van der Waals surface area contributed by atoms with Gasteiger partial charge in [-0.1, -0.05) is 17.7 Å². The number of aryl methyl sites for hydroxylation is 1. The molecule has 2 aromatic heterocycles. The molecular formula is C22H23ClN4OS. The van der Waals surface area contributed by atoms with Gasteiger partial charge in [-0.15, -0.1) is 0 Å². The number of halogens is 1. The molecule has 0 aliphatic carbocycles. The molecule has 0 unspecified atom stereocenters. The topological polar surface area (TPSA) is 42.3 Å². The van der Waals surface area contributed by atoms with E-state index in [-0.39, 0.29) is 12.1 Å². The monoisotopic (exact) mass is 426 g/mol. The summed E-state index contributed by atoms with van der Waals surface area (Å²) < 4.78 is 7.53. The van der Waals surface area contributed by atoms with E-state index >= 15 is 0 Å². The zero-order valence-corrected chi connectivity index (χ0v) is 18.0. The lowest BCUT2D eigenvalue weighted by atomic mass is 10.0. The van der Waals surface area contributed by atoms with E-state index in [0.717, 1.165) is 27.7 Å². The van der Waals surface area contributed by atoms with E-state index in [1.807, 2.05) is 43.5 Å². The Morgan fingerprint density at radius 2 is 2.07 bits per heavy atom. The molecule has 150 valence electrons. The molecule has 1 aliphatic rings. The highest BCUT2D eigenvalue weighted by molar-refractivity contribution is 7.80. The smallest absolute Gasteiger partial charge is 0.170 e. The lowest BCUT2D eigenvalue weighted by molar-refractivity contribution is 0.163. The molecule has 0 radical (unpaired) electrons. The van der Waals surface area contributed by atoms with Crippen molar-refractivity contribution in [1.82, 2.24) is 19.8 Å². The summed E-state index contributed by atoms with van der Waals surface area (Å²) in [6, 6.07) is 16.2. The van der Waals surface area contributed by atoms with Crippen molar-refractivity contribution in [3.8, 4) is 5.69 Å². The summed E-state index contributed by atoms with van der Waals surface area (Å²) in [6.45, 7) is 3.30. The van der Waals surface area contributed by atoms with Crippen molar-refractivity contribution < 1.29 is 4.74 Å². The van der Waals surface area contributed by atoms with E-state index in [1.54, 1.807) is 7.11 Å². The fourth-order valence-electron chi connectivity index (χ4n) is 3.81. The van der Waals surface area contributed by atoms with Gasteiger partial charge in [0, 0.05) is 42.5 Å². The molecule has 5 nitrogen and oxygen atoms in total. The minimum Gasteiger partial charge on any atom is -0.383 e. The highest BCUT2D eigenvalue weighted by Gasteiger charge is 2.41. The van der Waals surface area contributed by atoms with Gasteiger partial charge in [-0.2, -0.15) is 0 Å². The van der Waals surface area contributed by atoms with Crippen molar-refractivity contribution in [3.63, 3.8) is 0 Å². The van der Waals surface area contributed by atoms with E-state index in [1.165, 1.54) is 0 Å². The maximum absolute atomic E-state index is 6.24. The summed E-state index contributed by atoms with van der Waals surface area (Å²) in [5, 5.41) is 4.95. The quantitative estimate of drug-likeness (QED) is 0.590. The molecule has 29 heavy (non-hydrogen) atoms. The molecule has 2 atom stereocenters. The fraction of sp³-hybridized carbons (Fsp3) is 0.273. The van der Waals surface area contributed by atoms with Crippen LogP contribution in [-0.4, -0.2) is 39.8 Å². The molecule has 0 bridgehead atoms. The Labute approximate surface area is 181 Å². The van der Waals surface area contributed by atoms with Gasteiger partial charge >= 0.3 is 0 Å². The van der Waals surface area contributed by atoms with Crippen LogP contribution in [0.4, 0.5) is 0 Å². The second-order valence-corrected chi connectivity index (χ2v) is 7.84. The minimum absolute atomic E-state index is 0.0152. The van der Waals surface area contributed by atoms with Crippen LogP contribution >= 0.6 is 23.8 Å². The molecular weight excluding hydrogens is 404 g/mol. The number of pyridine rings is 1. The average Bonchev–Trinajstić information content (AvgIpc) is 3.33. The molecule has 0 spiro atoms. The predicted molar refractivity (Wildman–Crippen MR) is 120 cm³/mol. The number of rotatable bonds is 6. The molecule has 0 amide bonds. The van der Waals surface area contributed by atoms with E-state index < -0.39 is 0 Å². The molecule has 1 aliphatic heterocycles. The molecule has 3 heterocycles. The Morgan fingerprint density at radius 1 is 1.21 bits per heavy atom. The second kappa shape index (κ2) is 8.53. The third kappa shape index (κ3) is 3.88. The number of hydrogen-bond acceptors (Lipinski definition) is 3. The second-order valence-electron chi connectivity index (χ2n) is 7.05. The first-order valence-corrected chi connectivity index (χ1v) is 10.3. The summed E-state index contributed by atoms with van der Waals surface area (Å²) in [6.07, 6.45) is 3.89. The van der Waals surface area contributed by atoms with Crippen LogP contribution in [0.25, 0.3) is 5.69 Å². The van der Waals surface area contributed by atoms with Gasteiger partial charge in [0.1, 0.15) is 0 Å². The zero-order valence-electron chi connectivity index (χ0n) is 16.4. The first kappa shape index (κ1) is 19.9. The van der Waals surface area contributed by atoms with Crippen molar-refractivity contribution in [2.24, 2.45) is 0 Å². The van der Waals surface area contributed by atoms with Crippen LogP contribution < -0.4 is 5.32 Å². The van der Waals surface area contributed by atoms with Crippen LogP contribution in [0.2, 0.25) is 5.02 Å². The van der Waals surface area contributed by atoms with Crippen molar-refractivity contribution in [3.05, 3.63) is 82.9 Å². The maximum Gasteiger partial charge on any atom is 0.170 e. The highest BCUT2D eigenvalue weighted by atomic mass is 35.5. The molecule has 1 fully saturated rings. The van der Waals surface area contributed by atoms with Crippen LogP contribution in [0.3, 0.4) is 0 Å². The van der Waals surface area contributed by atoms with Crippen LogP contribution in [0, 0.1) is 6.92 Å². The Morgan fingerprint density at radius 3 is 2.79 bits per heavy atom. The Bertz CT molecular complexity index is 1010. The number of nitrogens with zero attached hydrogens (tertiary/aromatic N) is 3. The maximum atomic E-state index is 6.24. The van der Waals surface area contributed by atoms with Gasteiger partial charge in [-0.3, -0.25) is 4.98 Å². The number of hydrogen-bond donors (Lipinski definition) is 1. The summed E-state index contributed by atoms with van der Waals surface area (Å²) in [4.78, 5) is 6.78. The van der Waals surface area contributed by atoms with Crippen LogP contribution in [0.5, 0.6) is 0 Å². The minimum atomic E-state index is -0.0531. The third-order valence-corrected chi connectivity index (χ3v) is 6.01. The van der Waals surface area contributed by atoms with E-state index in [0.29, 0.717) is 18.3 Å². The van der Waals surface area contributed by atoms with Gasteiger partial charge in [0.2, 0.25) is 0 Å². The molecule has 4 rings (SSSR count). The third-order valence-electron chi connectivity index (χ3n) is 5.24. The normalized spacial score (nSPS) is 18.9. The zero-order chi connectivity index (χ0) is 20.4. The van der Waals surface area contributed by atoms with E-state index in [9.17, 15) is 0 Å². The van der Waals surface area contributed by atoms with Gasteiger partial charge in [0.25, 0.3) is 0 Å². The number of benzene rings is 1. The number of ether oxygens (including phenoxy) is 1. The molecule has 7 heteroatoms. The summed E-state index contributed by atoms with van der Waals surface area (Å²) in [5.41, 5.74) is 4.20. The van der Waals surface area contributed by atoms with Crippen LogP contribution in [-0.2, 0) is 4.74 Å². The Balaban J connectivity index is 1.79.